The summed E-state index contributed by atoms with van der Waals surface area (Å²) >= 11 is 0. The van der Waals surface area contributed by atoms with Gasteiger partial charge in [0, 0.05) is 11.8 Å². The van der Waals surface area contributed by atoms with Crippen molar-refractivity contribution in [3.8, 4) is 11.4 Å². The van der Waals surface area contributed by atoms with Gasteiger partial charge >= 0.3 is 6.18 Å². The summed E-state index contributed by atoms with van der Waals surface area (Å²) in [5.41, 5.74) is -0.446. The number of benzene rings is 1. The Morgan fingerprint density at radius 3 is 2.58 bits per heavy atom. The molecule has 0 aliphatic carbocycles. The van der Waals surface area contributed by atoms with Crippen molar-refractivity contribution < 1.29 is 21.6 Å². The molecule has 0 fully saturated rings. The molecule has 2 heterocycles. The summed E-state index contributed by atoms with van der Waals surface area (Å²) in [5.74, 6) is 0.0604. The van der Waals surface area contributed by atoms with E-state index in [1.165, 1.54) is 13.0 Å². The molecule has 0 unspecified atom stereocenters. The second kappa shape index (κ2) is 5.59. The van der Waals surface area contributed by atoms with Gasteiger partial charge in [-0.15, -0.1) is 0 Å². The summed E-state index contributed by atoms with van der Waals surface area (Å²) in [5, 5.41) is 0. The van der Waals surface area contributed by atoms with E-state index in [1.807, 2.05) is 0 Å². The van der Waals surface area contributed by atoms with Crippen LogP contribution in [0.2, 0.25) is 0 Å². The average Bonchev–Trinajstić information content (AvgIpc) is 2.97. The standard InChI is InChI=1S/C15H12F3N3O2S/c1-2-24(22,23)12-6-4-3-5-10(12)13-20-11-7-9(15(16,17)18)8-19-14(11)21-13/h3-8H,2H2,1H3,(H,19,20,21). The van der Waals surface area contributed by atoms with Crippen LogP contribution in [0.1, 0.15) is 12.5 Å². The van der Waals surface area contributed by atoms with Crippen LogP contribution in [0.25, 0.3) is 22.6 Å². The number of fused-ring (bicyclic) bond motifs is 1. The fourth-order valence-corrected chi connectivity index (χ4v) is 3.36. The predicted molar refractivity (Wildman–Crippen MR) is 82.1 cm³/mol. The number of pyridine rings is 1. The van der Waals surface area contributed by atoms with Crippen LogP contribution in [0.15, 0.2) is 41.4 Å². The Hall–Kier alpha value is -2.42. The Morgan fingerprint density at radius 1 is 1.21 bits per heavy atom. The first-order chi connectivity index (χ1) is 11.2. The van der Waals surface area contributed by atoms with Gasteiger partial charge in [-0.1, -0.05) is 19.1 Å². The van der Waals surface area contributed by atoms with Gasteiger partial charge in [-0.2, -0.15) is 13.2 Å². The van der Waals surface area contributed by atoms with E-state index in [9.17, 15) is 21.6 Å². The Morgan fingerprint density at radius 2 is 1.92 bits per heavy atom. The summed E-state index contributed by atoms with van der Waals surface area (Å²) in [6.07, 6.45) is -3.82. The van der Waals surface area contributed by atoms with Crippen LogP contribution in [-0.4, -0.2) is 29.1 Å². The van der Waals surface area contributed by atoms with E-state index in [0.717, 1.165) is 6.07 Å². The number of halogens is 3. The van der Waals surface area contributed by atoms with E-state index < -0.39 is 21.6 Å². The van der Waals surface area contributed by atoms with E-state index in [1.54, 1.807) is 18.2 Å². The molecule has 0 radical (unpaired) electrons. The molecule has 5 nitrogen and oxygen atoms in total. The van der Waals surface area contributed by atoms with E-state index in [-0.39, 0.29) is 27.6 Å². The van der Waals surface area contributed by atoms with Crippen molar-refractivity contribution in [3.63, 3.8) is 0 Å². The number of nitrogens with zero attached hydrogens (tertiary/aromatic N) is 2. The molecule has 0 amide bonds. The molecule has 0 bridgehead atoms. The maximum atomic E-state index is 12.8. The number of alkyl halides is 3. The molecule has 1 N–H and O–H groups in total. The van der Waals surface area contributed by atoms with Crippen molar-refractivity contribution in [2.24, 2.45) is 0 Å². The monoisotopic (exact) mass is 355 g/mol. The summed E-state index contributed by atoms with van der Waals surface area (Å²) in [7, 11) is -3.51. The fourth-order valence-electron chi connectivity index (χ4n) is 2.27. The molecule has 0 aliphatic heterocycles. The minimum Gasteiger partial charge on any atom is -0.323 e. The molecule has 126 valence electrons. The van der Waals surface area contributed by atoms with Crippen LogP contribution in [0.4, 0.5) is 13.2 Å². The van der Waals surface area contributed by atoms with Crippen LogP contribution in [-0.2, 0) is 16.0 Å². The van der Waals surface area contributed by atoms with Gasteiger partial charge in [-0.05, 0) is 18.2 Å². The van der Waals surface area contributed by atoms with Crippen LogP contribution >= 0.6 is 0 Å². The molecule has 3 rings (SSSR count). The highest BCUT2D eigenvalue weighted by atomic mass is 32.2. The van der Waals surface area contributed by atoms with E-state index in [0.29, 0.717) is 11.8 Å². The van der Waals surface area contributed by atoms with Gasteiger partial charge in [-0.3, -0.25) is 0 Å². The quantitative estimate of drug-likeness (QED) is 0.781. The maximum Gasteiger partial charge on any atom is 0.417 e. The number of rotatable bonds is 3. The second-order valence-corrected chi connectivity index (χ2v) is 7.32. The molecular formula is C15H12F3N3O2S. The van der Waals surface area contributed by atoms with Crippen LogP contribution in [0.5, 0.6) is 0 Å². The van der Waals surface area contributed by atoms with Gasteiger partial charge < -0.3 is 4.98 Å². The minimum absolute atomic E-state index is 0.0172. The number of hydrogen-bond acceptors (Lipinski definition) is 4. The number of hydrogen-bond donors (Lipinski definition) is 1. The molecule has 9 heteroatoms. The Labute approximate surface area is 135 Å². The Kier molecular flexibility index (Phi) is 3.83. The van der Waals surface area contributed by atoms with Gasteiger partial charge in [0.25, 0.3) is 0 Å². The molecule has 0 atom stereocenters. The number of aromatic nitrogens is 3. The van der Waals surface area contributed by atoms with Crippen molar-refractivity contribution in [1.82, 2.24) is 15.0 Å². The topological polar surface area (TPSA) is 75.7 Å². The predicted octanol–water partition coefficient (Wildman–Crippen LogP) is 3.44. The third-order valence-electron chi connectivity index (χ3n) is 3.52. The van der Waals surface area contributed by atoms with Crippen LogP contribution < -0.4 is 0 Å². The second-order valence-electron chi connectivity index (χ2n) is 5.07. The van der Waals surface area contributed by atoms with Crippen molar-refractivity contribution in [2.45, 2.75) is 18.0 Å². The summed E-state index contributed by atoms with van der Waals surface area (Å²) in [4.78, 5) is 10.6. The number of aromatic amines is 1. The van der Waals surface area contributed by atoms with Crippen molar-refractivity contribution in [3.05, 3.63) is 42.1 Å². The molecule has 0 aliphatic rings. The summed E-state index contributed by atoms with van der Waals surface area (Å²) < 4.78 is 62.6. The van der Waals surface area contributed by atoms with Crippen LogP contribution in [0.3, 0.4) is 0 Å². The van der Waals surface area contributed by atoms with Crippen molar-refractivity contribution in [2.75, 3.05) is 5.75 Å². The zero-order valence-corrected chi connectivity index (χ0v) is 13.2. The number of H-pyrrole nitrogens is 1. The molecule has 24 heavy (non-hydrogen) atoms. The third kappa shape index (κ3) is 2.86. The number of nitrogens with one attached hydrogen (secondary N) is 1. The fraction of sp³-hybridized carbons (Fsp3) is 0.200. The smallest absolute Gasteiger partial charge is 0.323 e. The first-order valence-corrected chi connectivity index (χ1v) is 8.62. The Balaban J connectivity index is 2.18. The first-order valence-electron chi connectivity index (χ1n) is 6.97. The SMILES string of the molecule is CCS(=O)(=O)c1ccccc1-c1nc2cc(C(F)(F)F)cnc2[nH]1. The first kappa shape index (κ1) is 16.4. The van der Waals surface area contributed by atoms with E-state index in [4.69, 9.17) is 0 Å². The highest BCUT2D eigenvalue weighted by Gasteiger charge is 2.31. The molecule has 0 spiro atoms. The van der Waals surface area contributed by atoms with Crippen molar-refractivity contribution >= 4 is 21.0 Å². The molecule has 0 saturated heterocycles. The lowest BCUT2D eigenvalue weighted by atomic mass is 10.2. The zero-order chi connectivity index (χ0) is 17.5. The average molecular weight is 355 g/mol. The summed E-state index contributed by atoms with van der Waals surface area (Å²) in [6, 6.07) is 7.07. The maximum absolute atomic E-state index is 12.8. The lowest BCUT2D eigenvalue weighted by molar-refractivity contribution is -0.137. The number of sulfone groups is 1. The van der Waals surface area contributed by atoms with Gasteiger partial charge in [0.05, 0.1) is 16.2 Å². The molecule has 2 aromatic heterocycles. The molecule has 1 aromatic carbocycles. The Bertz CT molecular complexity index is 1010. The lowest BCUT2D eigenvalue weighted by Crippen LogP contribution is -2.05. The van der Waals surface area contributed by atoms with Crippen LogP contribution in [0, 0.1) is 0 Å². The van der Waals surface area contributed by atoms with E-state index in [2.05, 4.69) is 15.0 Å². The zero-order valence-electron chi connectivity index (χ0n) is 12.4. The largest absolute Gasteiger partial charge is 0.417 e. The van der Waals surface area contributed by atoms with E-state index >= 15 is 0 Å². The van der Waals surface area contributed by atoms with Gasteiger partial charge in [-0.25, -0.2) is 18.4 Å². The lowest BCUT2D eigenvalue weighted by Gasteiger charge is -2.06. The molecule has 3 aromatic rings. The number of imidazole rings is 1. The minimum atomic E-state index is -4.52. The van der Waals surface area contributed by atoms with Crippen molar-refractivity contribution in [1.29, 1.82) is 0 Å². The normalized spacial score (nSPS) is 12.7. The van der Waals surface area contributed by atoms with Gasteiger partial charge in [0.2, 0.25) is 0 Å². The highest BCUT2D eigenvalue weighted by molar-refractivity contribution is 7.91. The molecular weight excluding hydrogens is 343 g/mol. The van der Waals surface area contributed by atoms with Gasteiger partial charge in [0.1, 0.15) is 11.3 Å². The van der Waals surface area contributed by atoms with Gasteiger partial charge in [0.15, 0.2) is 15.5 Å². The highest BCUT2D eigenvalue weighted by Crippen LogP contribution is 2.31. The molecule has 0 saturated carbocycles. The summed E-state index contributed by atoms with van der Waals surface area (Å²) in [6.45, 7) is 1.52. The third-order valence-corrected chi connectivity index (χ3v) is 5.31.